The van der Waals surface area contributed by atoms with Crippen molar-refractivity contribution >= 4 is 11.9 Å². The largest absolute Gasteiger partial charge is 0.497 e. The molecule has 0 unspecified atom stereocenters. The predicted molar refractivity (Wildman–Crippen MR) is 82.1 cm³/mol. The summed E-state index contributed by atoms with van der Waals surface area (Å²) < 4.78 is 10.2. The molecule has 2 aromatic rings. The van der Waals surface area contributed by atoms with Crippen LogP contribution in [-0.4, -0.2) is 25.5 Å². The van der Waals surface area contributed by atoms with Gasteiger partial charge in [0.2, 0.25) is 0 Å². The van der Waals surface area contributed by atoms with Gasteiger partial charge in [-0.1, -0.05) is 24.3 Å². The topological polar surface area (TPSA) is 64.6 Å². The fraction of sp³-hybridized carbons (Fsp3) is 0.176. The fourth-order valence-corrected chi connectivity index (χ4v) is 1.85. The number of carbonyl (C=O) groups excluding carboxylic acids is 2. The lowest BCUT2D eigenvalue weighted by Gasteiger charge is -2.08. The number of para-hydroxylation sites is 1. The Balaban J connectivity index is 1.90. The minimum Gasteiger partial charge on any atom is -0.497 e. The molecule has 0 aliphatic rings. The third-order valence-corrected chi connectivity index (χ3v) is 3.04. The molecule has 0 aliphatic carbocycles. The van der Waals surface area contributed by atoms with Gasteiger partial charge in [0.05, 0.1) is 7.11 Å². The normalized spacial score (nSPS) is 9.91. The van der Waals surface area contributed by atoms with Gasteiger partial charge in [0.1, 0.15) is 18.0 Å². The van der Waals surface area contributed by atoms with Gasteiger partial charge >= 0.3 is 5.97 Å². The zero-order chi connectivity index (χ0) is 15.9. The molecule has 5 nitrogen and oxygen atoms in total. The highest BCUT2D eigenvalue weighted by Gasteiger charge is 2.11. The maximum atomic E-state index is 12.0. The van der Waals surface area contributed by atoms with Crippen LogP contribution in [0.3, 0.4) is 0 Å². The van der Waals surface area contributed by atoms with Gasteiger partial charge in [-0.15, -0.1) is 0 Å². The summed E-state index contributed by atoms with van der Waals surface area (Å²) >= 11 is 0. The molecule has 1 amide bonds. The van der Waals surface area contributed by atoms with Crippen LogP contribution >= 0.6 is 0 Å². The monoisotopic (exact) mass is 299 g/mol. The van der Waals surface area contributed by atoms with Crippen LogP contribution in [-0.2, 0) is 4.79 Å². The number of ether oxygens (including phenoxy) is 2. The SMILES string of the molecule is COc1cccc(C(=O)NCC(=O)Oc2ccccc2C)c1. The Kier molecular flexibility index (Phi) is 5.14. The van der Waals surface area contributed by atoms with Gasteiger partial charge in [0.15, 0.2) is 0 Å². The summed E-state index contributed by atoms with van der Waals surface area (Å²) in [6, 6.07) is 13.9. The summed E-state index contributed by atoms with van der Waals surface area (Å²) in [6.07, 6.45) is 0. The summed E-state index contributed by atoms with van der Waals surface area (Å²) in [5.74, 6) is 0.185. The molecule has 0 saturated carbocycles. The van der Waals surface area contributed by atoms with E-state index < -0.39 is 5.97 Å². The Bertz CT molecular complexity index is 682. The van der Waals surface area contributed by atoms with Crippen molar-refractivity contribution in [2.45, 2.75) is 6.92 Å². The zero-order valence-electron chi connectivity index (χ0n) is 12.5. The number of hydrogen-bond donors (Lipinski definition) is 1. The average Bonchev–Trinajstić information content (AvgIpc) is 2.55. The lowest BCUT2D eigenvalue weighted by Crippen LogP contribution is -2.32. The summed E-state index contributed by atoms with van der Waals surface area (Å²) in [5.41, 5.74) is 1.28. The molecule has 0 aliphatic heterocycles. The van der Waals surface area contributed by atoms with Crippen LogP contribution < -0.4 is 14.8 Å². The van der Waals surface area contributed by atoms with Gasteiger partial charge in [-0.25, -0.2) is 4.79 Å². The van der Waals surface area contributed by atoms with E-state index in [-0.39, 0.29) is 12.5 Å². The third kappa shape index (κ3) is 4.09. The van der Waals surface area contributed by atoms with Crippen molar-refractivity contribution in [3.63, 3.8) is 0 Å². The summed E-state index contributed by atoms with van der Waals surface area (Å²) in [6.45, 7) is 1.64. The molecule has 0 spiro atoms. The number of aryl methyl sites for hydroxylation is 1. The second-order valence-electron chi connectivity index (χ2n) is 4.65. The van der Waals surface area contributed by atoms with Crippen molar-refractivity contribution in [1.82, 2.24) is 5.32 Å². The van der Waals surface area contributed by atoms with E-state index in [9.17, 15) is 9.59 Å². The van der Waals surface area contributed by atoms with Gasteiger partial charge in [0, 0.05) is 5.56 Å². The van der Waals surface area contributed by atoms with E-state index in [0.717, 1.165) is 5.56 Å². The standard InChI is InChI=1S/C17H17NO4/c1-12-6-3-4-9-15(12)22-16(19)11-18-17(20)13-7-5-8-14(10-13)21-2/h3-10H,11H2,1-2H3,(H,18,20). The van der Waals surface area contributed by atoms with E-state index in [0.29, 0.717) is 17.1 Å². The van der Waals surface area contributed by atoms with Gasteiger partial charge < -0.3 is 14.8 Å². The Hall–Kier alpha value is -2.82. The van der Waals surface area contributed by atoms with Crippen molar-refractivity contribution < 1.29 is 19.1 Å². The summed E-state index contributed by atoms with van der Waals surface area (Å²) in [5, 5.41) is 2.52. The Morgan fingerprint density at radius 2 is 1.86 bits per heavy atom. The molecule has 114 valence electrons. The molecule has 0 bridgehead atoms. The van der Waals surface area contributed by atoms with E-state index in [2.05, 4.69) is 5.32 Å². The van der Waals surface area contributed by atoms with Gasteiger partial charge in [-0.3, -0.25) is 4.79 Å². The van der Waals surface area contributed by atoms with Crippen molar-refractivity contribution in [3.05, 3.63) is 59.7 Å². The van der Waals surface area contributed by atoms with Crippen LogP contribution in [0.25, 0.3) is 0 Å². The first kappa shape index (κ1) is 15.6. The number of amides is 1. The number of carbonyl (C=O) groups is 2. The highest BCUT2D eigenvalue weighted by Crippen LogP contribution is 2.16. The smallest absolute Gasteiger partial charge is 0.330 e. The summed E-state index contributed by atoms with van der Waals surface area (Å²) in [7, 11) is 1.52. The van der Waals surface area contributed by atoms with E-state index in [1.165, 1.54) is 7.11 Å². The van der Waals surface area contributed by atoms with Crippen LogP contribution in [0.15, 0.2) is 48.5 Å². The minimum atomic E-state index is -0.523. The molecule has 0 radical (unpaired) electrons. The van der Waals surface area contributed by atoms with Crippen molar-refractivity contribution in [1.29, 1.82) is 0 Å². The van der Waals surface area contributed by atoms with Crippen molar-refractivity contribution in [2.24, 2.45) is 0 Å². The molecule has 0 atom stereocenters. The second kappa shape index (κ2) is 7.26. The Morgan fingerprint density at radius 1 is 1.09 bits per heavy atom. The molecule has 2 aromatic carbocycles. The molecule has 0 heterocycles. The summed E-state index contributed by atoms with van der Waals surface area (Å²) in [4.78, 5) is 23.7. The molecular formula is C17H17NO4. The van der Waals surface area contributed by atoms with Crippen molar-refractivity contribution in [2.75, 3.05) is 13.7 Å². The van der Waals surface area contributed by atoms with Gasteiger partial charge in [0.25, 0.3) is 5.91 Å². The maximum absolute atomic E-state index is 12.0. The quantitative estimate of drug-likeness (QED) is 0.680. The molecule has 22 heavy (non-hydrogen) atoms. The van der Waals surface area contributed by atoms with Crippen LogP contribution in [0, 0.1) is 6.92 Å². The van der Waals surface area contributed by atoms with Crippen molar-refractivity contribution in [3.8, 4) is 11.5 Å². The molecule has 1 N–H and O–H groups in total. The first-order valence-corrected chi connectivity index (χ1v) is 6.78. The van der Waals surface area contributed by atoms with E-state index >= 15 is 0 Å². The number of methoxy groups -OCH3 is 1. The lowest BCUT2D eigenvalue weighted by molar-refractivity contribution is -0.133. The molecule has 2 rings (SSSR count). The lowest BCUT2D eigenvalue weighted by atomic mass is 10.2. The molecule has 0 aromatic heterocycles. The van der Waals surface area contributed by atoms with Crippen LogP contribution in [0.5, 0.6) is 11.5 Å². The first-order valence-electron chi connectivity index (χ1n) is 6.78. The molecule has 0 fully saturated rings. The second-order valence-corrected chi connectivity index (χ2v) is 4.65. The van der Waals surface area contributed by atoms with Gasteiger partial charge in [-0.2, -0.15) is 0 Å². The van der Waals surface area contributed by atoms with E-state index in [1.807, 2.05) is 19.1 Å². The third-order valence-electron chi connectivity index (χ3n) is 3.04. The average molecular weight is 299 g/mol. The highest BCUT2D eigenvalue weighted by atomic mass is 16.5. The molecule has 5 heteroatoms. The van der Waals surface area contributed by atoms with Crippen LogP contribution in [0.4, 0.5) is 0 Å². The van der Waals surface area contributed by atoms with E-state index in [4.69, 9.17) is 9.47 Å². The molecular weight excluding hydrogens is 282 g/mol. The zero-order valence-corrected chi connectivity index (χ0v) is 12.5. The molecule has 0 saturated heterocycles. The minimum absolute atomic E-state index is 0.204. The van der Waals surface area contributed by atoms with Crippen LogP contribution in [0.1, 0.15) is 15.9 Å². The number of benzene rings is 2. The first-order chi connectivity index (χ1) is 10.6. The number of hydrogen-bond acceptors (Lipinski definition) is 4. The van der Waals surface area contributed by atoms with Gasteiger partial charge in [-0.05, 0) is 36.8 Å². The number of esters is 1. The fourth-order valence-electron chi connectivity index (χ4n) is 1.85. The predicted octanol–water partition coefficient (Wildman–Crippen LogP) is 2.34. The Labute approximate surface area is 128 Å². The highest BCUT2D eigenvalue weighted by molar-refractivity contribution is 5.96. The Morgan fingerprint density at radius 3 is 2.59 bits per heavy atom. The number of nitrogens with one attached hydrogen (secondary N) is 1. The van der Waals surface area contributed by atoms with E-state index in [1.54, 1.807) is 36.4 Å². The van der Waals surface area contributed by atoms with Crippen LogP contribution in [0.2, 0.25) is 0 Å². The maximum Gasteiger partial charge on any atom is 0.330 e. The number of rotatable bonds is 5.